The molecule has 0 aromatic heterocycles. The van der Waals surface area contributed by atoms with Crippen LogP contribution in [0.5, 0.6) is 0 Å². The van der Waals surface area contributed by atoms with E-state index in [1.807, 2.05) is 0 Å². The topological polar surface area (TPSA) is 98.7 Å². The number of hydrogen-bond acceptors (Lipinski definition) is 4. The van der Waals surface area contributed by atoms with Crippen molar-refractivity contribution < 1.29 is 19.5 Å². The number of nitrogens with zero attached hydrogens (tertiary/aromatic N) is 1. The lowest BCUT2D eigenvalue weighted by molar-refractivity contribution is -0.145. The standard InChI is InChI=1S/C11H19N3O4/c1-7(15)13-8(9(16)17)6-14-5-4-12-10(18)11(14,2)3/h8H,4-6H2,1-3H3,(H,12,18)(H,13,15)(H,16,17). The summed E-state index contributed by atoms with van der Waals surface area (Å²) < 4.78 is 0. The first kappa shape index (κ1) is 14.4. The highest BCUT2D eigenvalue weighted by molar-refractivity contribution is 5.86. The molecule has 1 atom stereocenters. The molecule has 1 saturated heterocycles. The van der Waals surface area contributed by atoms with Gasteiger partial charge in [-0.2, -0.15) is 0 Å². The summed E-state index contributed by atoms with van der Waals surface area (Å²) in [5.74, 6) is -1.64. The van der Waals surface area contributed by atoms with Crippen molar-refractivity contribution in [3.8, 4) is 0 Å². The fourth-order valence-corrected chi connectivity index (χ4v) is 1.91. The minimum atomic E-state index is -1.10. The molecule has 0 spiro atoms. The van der Waals surface area contributed by atoms with Gasteiger partial charge in [-0.3, -0.25) is 14.5 Å². The van der Waals surface area contributed by atoms with Gasteiger partial charge in [0.05, 0.1) is 5.54 Å². The van der Waals surface area contributed by atoms with Gasteiger partial charge in [0.1, 0.15) is 6.04 Å². The summed E-state index contributed by atoms with van der Waals surface area (Å²) in [6, 6.07) is -1.01. The van der Waals surface area contributed by atoms with Crippen LogP contribution in [0.15, 0.2) is 0 Å². The second-order valence-corrected chi connectivity index (χ2v) is 4.85. The Hall–Kier alpha value is -1.63. The number of nitrogens with one attached hydrogen (secondary N) is 2. The van der Waals surface area contributed by atoms with Crippen molar-refractivity contribution in [2.75, 3.05) is 19.6 Å². The van der Waals surface area contributed by atoms with Gasteiger partial charge < -0.3 is 15.7 Å². The van der Waals surface area contributed by atoms with Crippen LogP contribution in [-0.2, 0) is 14.4 Å². The summed E-state index contributed by atoms with van der Waals surface area (Å²) in [4.78, 5) is 35.5. The number of rotatable bonds is 4. The molecular formula is C11H19N3O4. The molecule has 1 fully saturated rings. The molecule has 0 aromatic carbocycles. The van der Waals surface area contributed by atoms with Crippen LogP contribution in [0.3, 0.4) is 0 Å². The molecule has 0 radical (unpaired) electrons. The molecule has 1 heterocycles. The van der Waals surface area contributed by atoms with Gasteiger partial charge in [0.15, 0.2) is 0 Å². The minimum Gasteiger partial charge on any atom is -0.480 e. The van der Waals surface area contributed by atoms with Gasteiger partial charge >= 0.3 is 5.97 Å². The highest BCUT2D eigenvalue weighted by Gasteiger charge is 2.39. The number of hydrogen-bond donors (Lipinski definition) is 3. The fraction of sp³-hybridized carbons (Fsp3) is 0.727. The molecule has 0 aromatic rings. The van der Waals surface area contributed by atoms with Gasteiger partial charge in [-0.1, -0.05) is 0 Å². The number of piperazine rings is 1. The van der Waals surface area contributed by atoms with E-state index in [9.17, 15) is 14.4 Å². The van der Waals surface area contributed by atoms with E-state index in [-0.39, 0.29) is 12.5 Å². The molecule has 0 saturated carbocycles. The van der Waals surface area contributed by atoms with Crippen molar-refractivity contribution in [3.05, 3.63) is 0 Å². The number of carboxylic acid groups (broad SMARTS) is 1. The number of carbonyl (C=O) groups is 3. The predicted octanol–water partition coefficient (Wildman–Crippen LogP) is -1.21. The van der Waals surface area contributed by atoms with Crippen LogP contribution in [0, 0.1) is 0 Å². The molecule has 1 unspecified atom stereocenters. The third-order valence-electron chi connectivity index (χ3n) is 3.09. The van der Waals surface area contributed by atoms with Crippen LogP contribution in [0.2, 0.25) is 0 Å². The Morgan fingerprint density at radius 3 is 2.67 bits per heavy atom. The van der Waals surface area contributed by atoms with E-state index >= 15 is 0 Å². The third kappa shape index (κ3) is 3.19. The minimum absolute atomic E-state index is 0.106. The van der Waals surface area contributed by atoms with Crippen molar-refractivity contribution >= 4 is 17.8 Å². The van der Waals surface area contributed by atoms with E-state index in [1.54, 1.807) is 18.7 Å². The molecule has 1 aliphatic heterocycles. The first-order chi connectivity index (χ1) is 8.25. The lowest BCUT2D eigenvalue weighted by Gasteiger charge is -2.42. The van der Waals surface area contributed by atoms with Gasteiger partial charge in [0.25, 0.3) is 0 Å². The molecule has 1 rings (SSSR count). The predicted molar refractivity (Wildman–Crippen MR) is 63.9 cm³/mol. The van der Waals surface area contributed by atoms with E-state index in [4.69, 9.17) is 5.11 Å². The number of carbonyl (C=O) groups excluding carboxylic acids is 2. The van der Waals surface area contributed by atoms with Crippen molar-refractivity contribution in [3.63, 3.8) is 0 Å². The second kappa shape index (κ2) is 5.34. The summed E-state index contributed by atoms with van der Waals surface area (Å²) in [5, 5.41) is 14.1. The Balaban J connectivity index is 2.76. The number of amides is 2. The zero-order valence-electron chi connectivity index (χ0n) is 10.8. The normalized spacial score (nSPS) is 20.9. The molecule has 7 nitrogen and oxygen atoms in total. The van der Waals surface area contributed by atoms with Crippen LogP contribution in [0.1, 0.15) is 20.8 Å². The zero-order chi connectivity index (χ0) is 13.9. The summed E-state index contributed by atoms with van der Waals surface area (Å²) in [7, 11) is 0. The Kier molecular flexibility index (Phi) is 4.28. The lowest BCUT2D eigenvalue weighted by Crippen LogP contribution is -2.64. The molecular weight excluding hydrogens is 238 g/mol. The molecule has 3 N–H and O–H groups in total. The maximum absolute atomic E-state index is 11.7. The lowest BCUT2D eigenvalue weighted by atomic mass is 9.98. The molecule has 1 aliphatic rings. The molecule has 2 amide bonds. The maximum Gasteiger partial charge on any atom is 0.327 e. The van der Waals surface area contributed by atoms with Crippen molar-refractivity contribution in [1.82, 2.24) is 15.5 Å². The van der Waals surface area contributed by atoms with Crippen molar-refractivity contribution in [2.45, 2.75) is 32.4 Å². The average molecular weight is 257 g/mol. The fourth-order valence-electron chi connectivity index (χ4n) is 1.91. The number of aliphatic carboxylic acids is 1. The number of carboxylic acids is 1. The van der Waals surface area contributed by atoms with E-state index < -0.39 is 23.5 Å². The van der Waals surface area contributed by atoms with E-state index in [0.717, 1.165) is 0 Å². The molecule has 18 heavy (non-hydrogen) atoms. The van der Waals surface area contributed by atoms with E-state index in [0.29, 0.717) is 13.1 Å². The van der Waals surface area contributed by atoms with Crippen LogP contribution in [0.4, 0.5) is 0 Å². The molecule has 0 aliphatic carbocycles. The summed E-state index contributed by atoms with van der Waals surface area (Å²) >= 11 is 0. The first-order valence-corrected chi connectivity index (χ1v) is 5.78. The highest BCUT2D eigenvalue weighted by Crippen LogP contribution is 2.17. The molecule has 0 bridgehead atoms. The van der Waals surface area contributed by atoms with E-state index in [1.165, 1.54) is 6.92 Å². The van der Waals surface area contributed by atoms with Crippen LogP contribution >= 0.6 is 0 Å². The van der Waals surface area contributed by atoms with Gasteiger partial charge in [-0.15, -0.1) is 0 Å². The summed E-state index contributed by atoms with van der Waals surface area (Å²) in [6.45, 7) is 5.87. The molecule has 7 heteroatoms. The van der Waals surface area contributed by atoms with Gasteiger partial charge in [0, 0.05) is 26.6 Å². The second-order valence-electron chi connectivity index (χ2n) is 4.85. The van der Waals surface area contributed by atoms with Gasteiger partial charge in [-0.25, -0.2) is 4.79 Å². The van der Waals surface area contributed by atoms with Crippen LogP contribution in [-0.4, -0.2) is 59.0 Å². The quantitative estimate of drug-likeness (QED) is 0.586. The monoisotopic (exact) mass is 257 g/mol. The Morgan fingerprint density at radius 2 is 2.17 bits per heavy atom. The maximum atomic E-state index is 11.7. The van der Waals surface area contributed by atoms with Crippen LogP contribution < -0.4 is 10.6 Å². The highest BCUT2D eigenvalue weighted by atomic mass is 16.4. The average Bonchev–Trinajstić information content (AvgIpc) is 2.23. The van der Waals surface area contributed by atoms with Gasteiger partial charge in [-0.05, 0) is 13.8 Å². The van der Waals surface area contributed by atoms with Gasteiger partial charge in [0.2, 0.25) is 11.8 Å². The van der Waals surface area contributed by atoms with Crippen molar-refractivity contribution in [2.24, 2.45) is 0 Å². The van der Waals surface area contributed by atoms with E-state index in [2.05, 4.69) is 10.6 Å². The summed E-state index contributed by atoms with van der Waals surface area (Å²) in [5.41, 5.74) is -0.773. The SMILES string of the molecule is CC(=O)NC(CN1CCNC(=O)C1(C)C)C(=O)O. The smallest absolute Gasteiger partial charge is 0.327 e. The largest absolute Gasteiger partial charge is 0.480 e. The molecule has 102 valence electrons. The first-order valence-electron chi connectivity index (χ1n) is 5.78. The van der Waals surface area contributed by atoms with Crippen LogP contribution in [0.25, 0.3) is 0 Å². The third-order valence-corrected chi connectivity index (χ3v) is 3.09. The Bertz CT molecular complexity index is 367. The Labute approximate surface area is 106 Å². The zero-order valence-corrected chi connectivity index (χ0v) is 10.8. The van der Waals surface area contributed by atoms with Crippen molar-refractivity contribution in [1.29, 1.82) is 0 Å². The summed E-state index contributed by atoms with van der Waals surface area (Å²) in [6.07, 6.45) is 0. The Morgan fingerprint density at radius 1 is 1.56 bits per heavy atom.